The number of benzene rings is 1. The number of carbonyl (C=O) groups is 1. The Morgan fingerprint density at radius 3 is 2.57 bits per heavy atom. The Balaban J connectivity index is 1.20. The zero-order valence-electron chi connectivity index (χ0n) is 17.7. The van der Waals surface area contributed by atoms with E-state index >= 15 is 0 Å². The van der Waals surface area contributed by atoms with Gasteiger partial charge in [-0.3, -0.25) is 4.79 Å². The smallest absolute Gasteiger partial charge is 0.261 e. The van der Waals surface area contributed by atoms with Crippen LogP contribution in [0.1, 0.15) is 29.4 Å². The summed E-state index contributed by atoms with van der Waals surface area (Å²) in [5, 5.41) is 3.07. The Morgan fingerprint density at radius 2 is 1.77 bits per heavy atom. The lowest BCUT2D eigenvalue weighted by molar-refractivity contribution is 0.0955. The summed E-state index contributed by atoms with van der Waals surface area (Å²) in [5.41, 5.74) is 1.05. The van der Waals surface area contributed by atoms with Crippen LogP contribution in [0.4, 0.5) is 0 Å². The predicted octanol–water partition coefficient (Wildman–Crippen LogP) is 3.33. The van der Waals surface area contributed by atoms with Crippen molar-refractivity contribution in [2.45, 2.75) is 19.8 Å². The Kier molecular flexibility index (Phi) is 7.25. The van der Waals surface area contributed by atoms with Crippen molar-refractivity contribution >= 4 is 17.2 Å². The molecule has 1 aromatic carbocycles. The molecule has 3 heterocycles. The first-order valence-electron chi connectivity index (χ1n) is 11.0. The molecule has 2 aromatic rings. The largest absolute Gasteiger partial charge is 0.486 e. The van der Waals surface area contributed by atoms with Crippen LogP contribution < -0.4 is 14.8 Å². The number of carbonyl (C=O) groups excluding carboxylic acids is 1. The van der Waals surface area contributed by atoms with Gasteiger partial charge < -0.3 is 24.6 Å². The zero-order valence-corrected chi connectivity index (χ0v) is 18.5. The highest BCUT2D eigenvalue weighted by atomic mass is 32.1. The molecule has 162 valence electrons. The van der Waals surface area contributed by atoms with Crippen LogP contribution in [0.25, 0.3) is 10.4 Å². The van der Waals surface area contributed by atoms with Gasteiger partial charge in [-0.15, -0.1) is 11.3 Å². The van der Waals surface area contributed by atoms with Gasteiger partial charge in [0.25, 0.3) is 5.91 Å². The van der Waals surface area contributed by atoms with E-state index in [1.54, 1.807) is 0 Å². The van der Waals surface area contributed by atoms with Crippen molar-refractivity contribution in [3.63, 3.8) is 0 Å². The molecule has 1 aromatic heterocycles. The van der Waals surface area contributed by atoms with E-state index in [2.05, 4.69) is 22.0 Å². The number of rotatable bonds is 8. The monoisotopic (exact) mass is 429 g/mol. The van der Waals surface area contributed by atoms with Crippen LogP contribution >= 0.6 is 11.3 Å². The minimum Gasteiger partial charge on any atom is -0.486 e. The molecule has 0 radical (unpaired) electrons. The average molecular weight is 430 g/mol. The van der Waals surface area contributed by atoms with E-state index in [9.17, 15) is 4.79 Å². The molecule has 1 amide bonds. The predicted molar refractivity (Wildman–Crippen MR) is 121 cm³/mol. The molecule has 0 spiro atoms. The van der Waals surface area contributed by atoms with E-state index in [1.165, 1.54) is 24.4 Å². The number of hydrogen-bond acceptors (Lipinski definition) is 6. The SMILES string of the molecule is CCN1CCN(CCCCNC(=O)c2ccc(-c3ccc4c(c3)OCCO4)s2)CC1. The summed E-state index contributed by atoms with van der Waals surface area (Å²) in [4.78, 5) is 19.3. The standard InChI is InChI=1S/C23H31N3O3S/c1-2-25-11-13-26(14-12-25)10-4-3-9-24-23(27)22-8-7-21(30-22)18-5-6-19-20(17-18)29-16-15-28-19/h5-8,17H,2-4,9-16H2,1H3,(H,24,27). The normalized spacial score (nSPS) is 17.1. The lowest BCUT2D eigenvalue weighted by atomic mass is 10.1. The van der Waals surface area contributed by atoms with Gasteiger partial charge in [-0.1, -0.05) is 6.92 Å². The van der Waals surface area contributed by atoms with Gasteiger partial charge in [0.05, 0.1) is 4.88 Å². The summed E-state index contributed by atoms with van der Waals surface area (Å²) in [5.74, 6) is 1.57. The van der Waals surface area contributed by atoms with E-state index in [1.807, 2.05) is 30.3 Å². The number of amides is 1. The molecule has 4 rings (SSSR count). The molecule has 0 bridgehead atoms. The lowest BCUT2D eigenvalue weighted by Gasteiger charge is -2.33. The summed E-state index contributed by atoms with van der Waals surface area (Å²) in [6.45, 7) is 11.1. The van der Waals surface area contributed by atoms with Gasteiger partial charge in [0.2, 0.25) is 0 Å². The summed E-state index contributed by atoms with van der Waals surface area (Å²) in [6, 6.07) is 9.84. The molecular weight excluding hydrogens is 398 g/mol. The average Bonchev–Trinajstić information content (AvgIpc) is 3.29. The number of nitrogens with zero attached hydrogens (tertiary/aromatic N) is 2. The molecule has 2 aliphatic rings. The Labute approximate surface area is 182 Å². The van der Waals surface area contributed by atoms with Crippen molar-refractivity contribution in [2.24, 2.45) is 0 Å². The van der Waals surface area contributed by atoms with Crippen LogP contribution in [0.2, 0.25) is 0 Å². The quantitative estimate of drug-likeness (QED) is 0.653. The van der Waals surface area contributed by atoms with E-state index in [-0.39, 0.29) is 5.91 Å². The van der Waals surface area contributed by atoms with Crippen LogP contribution in [-0.2, 0) is 0 Å². The maximum absolute atomic E-state index is 12.5. The van der Waals surface area contributed by atoms with Gasteiger partial charge in [-0.2, -0.15) is 0 Å². The van der Waals surface area contributed by atoms with E-state index in [0.29, 0.717) is 13.2 Å². The van der Waals surface area contributed by atoms with Crippen molar-refractivity contribution in [3.8, 4) is 21.9 Å². The number of thiophene rings is 1. The number of ether oxygens (including phenoxy) is 2. The van der Waals surface area contributed by atoms with Crippen molar-refractivity contribution < 1.29 is 14.3 Å². The zero-order chi connectivity index (χ0) is 20.8. The number of piperazine rings is 1. The first-order chi connectivity index (χ1) is 14.7. The van der Waals surface area contributed by atoms with E-state index in [0.717, 1.165) is 72.4 Å². The molecule has 30 heavy (non-hydrogen) atoms. The van der Waals surface area contributed by atoms with Gasteiger partial charge >= 0.3 is 0 Å². The molecule has 6 nitrogen and oxygen atoms in total. The summed E-state index contributed by atoms with van der Waals surface area (Å²) in [7, 11) is 0. The summed E-state index contributed by atoms with van der Waals surface area (Å²) >= 11 is 1.51. The fraction of sp³-hybridized carbons (Fsp3) is 0.522. The maximum Gasteiger partial charge on any atom is 0.261 e. The third kappa shape index (κ3) is 5.33. The summed E-state index contributed by atoms with van der Waals surface area (Å²) in [6.07, 6.45) is 2.14. The molecule has 1 fully saturated rings. The molecule has 1 N–H and O–H groups in total. The minimum absolute atomic E-state index is 0.0142. The molecule has 0 unspecified atom stereocenters. The van der Waals surface area contributed by atoms with Gasteiger partial charge in [0, 0.05) is 37.6 Å². The topological polar surface area (TPSA) is 54.0 Å². The van der Waals surface area contributed by atoms with Gasteiger partial charge in [0.1, 0.15) is 13.2 Å². The highest BCUT2D eigenvalue weighted by molar-refractivity contribution is 7.17. The van der Waals surface area contributed by atoms with Gasteiger partial charge in [0.15, 0.2) is 11.5 Å². The van der Waals surface area contributed by atoms with Crippen LogP contribution in [0.5, 0.6) is 11.5 Å². The van der Waals surface area contributed by atoms with Crippen molar-refractivity contribution in [1.29, 1.82) is 0 Å². The van der Waals surface area contributed by atoms with Gasteiger partial charge in [-0.05, 0) is 61.8 Å². The molecule has 0 saturated carbocycles. The summed E-state index contributed by atoms with van der Waals surface area (Å²) < 4.78 is 11.2. The van der Waals surface area contributed by atoms with Crippen LogP contribution in [-0.4, -0.2) is 74.7 Å². The van der Waals surface area contributed by atoms with Gasteiger partial charge in [-0.25, -0.2) is 0 Å². The second kappa shape index (κ2) is 10.3. The first-order valence-corrected chi connectivity index (χ1v) is 11.8. The number of nitrogens with one attached hydrogen (secondary N) is 1. The Hall–Kier alpha value is -2.09. The third-order valence-electron chi connectivity index (χ3n) is 5.76. The highest BCUT2D eigenvalue weighted by Crippen LogP contribution is 2.36. The third-order valence-corrected chi connectivity index (χ3v) is 6.89. The van der Waals surface area contributed by atoms with E-state index in [4.69, 9.17) is 9.47 Å². The number of likely N-dealkylation sites (N-methyl/N-ethyl adjacent to an activating group) is 1. The van der Waals surface area contributed by atoms with Crippen molar-refractivity contribution in [1.82, 2.24) is 15.1 Å². The fourth-order valence-corrected chi connectivity index (χ4v) is 4.81. The Bertz CT molecular complexity index is 846. The van der Waals surface area contributed by atoms with E-state index < -0.39 is 0 Å². The molecule has 0 aliphatic carbocycles. The molecule has 2 aliphatic heterocycles. The molecule has 7 heteroatoms. The van der Waals surface area contributed by atoms with Crippen LogP contribution in [0.15, 0.2) is 30.3 Å². The Morgan fingerprint density at radius 1 is 1.00 bits per heavy atom. The number of unbranched alkanes of at least 4 members (excludes halogenated alkanes) is 1. The highest BCUT2D eigenvalue weighted by Gasteiger charge is 2.16. The number of fused-ring (bicyclic) bond motifs is 1. The van der Waals surface area contributed by atoms with Crippen molar-refractivity contribution in [3.05, 3.63) is 35.2 Å². The van der Waals surface area contributed by atoms with Crippen LogP contribution in [0, 0.1) is 0 Å². The lowest BCUT2D eigenvalue weighted by Crippen LogP contribution is -2.46. The molecule has 1 saturated heterocycles. The van der Waals surface area contributed by atoms with Crippen molar-refractivity contribution in [2.75, 3.05) is 59.0 Å². The molecule has 0 atom stereocenters. The number of hydrogen-bond donors (Lipinski definition) is 1. The first kappa shape index (κ1) is 21.2. The second-order valence-corrected chi connectivity index (χ2v) is 8.85. The van der Waals surface area contributed by atoms with Crippen LogP contribution in [0.3, 0.4) is 0 Å². The fourth-order valence-electron chi connectivity index (χ4n) is 3.89. The maximum atomic E-state index is 12.5. The minimum atomic E-state index is 0.0142. The second-order valence-electron chi connectivity index (χ2n) is 7.76. The molecular formula is C23H31N3O3S.